The van der Waals surface area contributed by atoms with E-state index >= 15 is 0 Å². The number of rotatable bonds is 2. The molecule has 1 aromatic rings. The molecule has 1 fully saturated rings. The minimum atomic E-state index is -0.871. The van der Waals surface area contributed by atoms with Gasteiger partial charge in [0.15, 0.2) is 0 Å². The van der Waals surface area contributed by atoms with Crippen LogP contribution >= 0.6 is 23.2 Å². The largest absolute Gasteiger partial charge is 0.338 e. The van der Waals surface area contributed by atoms with Gasteiger partial charge in [-0.15, -0.1) is 23.2 Å². The summed E-state index contributed by atoms with van der Waals surface area (Å²) in [5.41, 5.74) is 1.13. The molecule has 1 aliphatic heterocycles. The van der Waals surface area contributed by atoms with Crippen molar-refractivity contribution in [3.05, 3.63) is 35.9 Å². The quantitative estimate of drug-likeness (QED) is 0.747. The van der Waals surface area contributed by atoms with Gasteiger partial charge in [-0.2, -0.15) is 0 Å². The highest BCUT2D eigenvalue weighted by atomic mass is 35.5. The Balaban J connectivity index is 2.00. The van der Waals surface area contributed by atoms with Crippen LogP contribution in [0.1, 0.15) is 18.4 Å². The van der Waals surface area contributed by atoms with Crippen molar-refractivity contribution in [3.8, 4) is 0 Å². The average molecular weight is 258 g/mol. The van der Waals surface area contributed by atoms with E-state index in [1.165, 1.54) is 0 Å². The number of benzene rings is 1. The van der Waals surface area contributed by atoms with Crippen LogP contribution in [0.15, 0.2) is 30.3 Å². The smallest absolute Gasteiger partial charge is 0.225 e. The number of amides is 1. The van der Waals surface area contributed by atoms with Crippen molar-refractivity contribution in [1.29, 1.82) is 0 Å². The molecule has 0 saturated carbocycles. The lowest BCUT2D eigenvalue weighted by Gasteiger charge is -2.33. The van der Waals surface area contributed by atoms with Gasteiger partial charge in [0, 0.05) is 13.1 Å². The molecule has 0 bridgehead atoms. The second-order valence-electron chi connectivity index (χ2n) is 4.08. The van der Waals surface area contributed by atoms with Gasteiger partial charge < -0.3 is 4.90 Å². The molecule has 4 heteroatoms. The first-order chi connectivity index (χ1) is 7.57. The number of hydrogen-bond donors (Lipinski definition) is 0. The van der Waals surface area contributed by atoms with E-state index in [4.69, 9.17) is 23.2 Å². The first-order valence-corrected chi connectivity index (χ1v) is 6.02. The predicted molar refractivity (Wildman–Crippen MR) is 65.5 cm³/mol. The monoisotopic (exact) mass is 257 g/mol. The van der Waals surface area contributed by atoms with Gasteiger partial charge in [0.1, 0.15) is 4.33 Å². The third-order valence-corrected chi connectivity index (χ3v) is 3.37. The second-order valence-corrected chi connectivity index (χ2v) is 5.72. The number of halogens is 2. The number of likely N-dealkylation sites (tertiary alicyclic amines) is 1. The van der Waals surface area contributed by atoms with E-state index in [-0.39, 0.29) is 12.3 Å². The van der Waals surface area contributed by atoms with Gasteiger partial charge >= 0.3 is 0 Å². The third kappa shape index (κ3) is 2.89. The summed E-state index contributed by atoms with van der Waals surface area (Å²) < 4.78 is -0.871. The minimum Gasteiger partial charge on any atom is -0.338 e. The van der Waals surface area contributed by atoms with E-state index in [1.54, 1.807) is 4.90 Å². The lowest BCUT2D eigenvalue weighted by Crippen LogP contribution is -2.42. The van der Waals surface area contributed by atoms with Gasteiger partial charge in [-0.3, -0.25) is 4.79 Å². The van der Waals surface area contributed by atoms with Gasteiger partial charge in [-0.1, -0.05) is 30.3 Å². The molecule has 0 N–H and O–H groups in total. The van der Waals surface area contributed by atoms with E-state index in [0.717, 1.165) is 5.56 Å². The molecule has 2 nitrogen and oxygen atoms in total. The first-order valence-electron chi connectivity index (χ1n) is 5.26. The summed E-state index contributed by atoms with van der Waals surface area (Å²) in [7, 11) is 0. The zero-order chi connectivity index (χ0) is 11.6. The molecule has 0 aliphatic carbocycles. The predicted octanol–water partition coefficient (Wildman–Crippen LogP) is 2.98. The number of hydrogen-bond acceptors (Lipinski definition) is 1. The Kier molecular flexibility index (Phi) is 3.41. The molecular weight excluding hydrogens is 245 g/mol. The average Bonchev–Trinajstić information content (AvgIpc) is 2.23. The molecule has 1 aromatic carbocycles. The van der Waals surface area contributed by atoms with Crippen LogP contribution in [-0.2, 0) is 11.3 Å². The van der Waals surface area contributed by atoms with Crippen LogP contribution in [0.4, 0.5) is 0 Å². The Morgan fingerprint density at radius 3 is 2.56 bits per heavy atom. The summed E-state index contributed by atoms with van der Waals surface area (Å²) in [6.07, 6.45) is 0.845. The molecule has 1 saturated heterocycles. The number of alkyl halides is 2. The maximum absolute atomic E-state index is 11.8. The Morgan fingerprint density at radius 1 is 1.25 bits per heavy atom. The molecule has 1 amide bonds. The van der Waals surface area contributed by atoms with Crippen LogP contribution in [0.2, 0.25) is 0 Å². The van der Waals surface area contributed by atoms with Crippen LogP contribution in [0.3, 0.4) is 0 Å². The van der Waals surface area contributed by atoms with Crippen molar-refractivity contribution in [2.24, 2.45) is 0 Å². The minimum absolute atomic E-state index is 0.0279. The summed E-state index contributed by atoms with van der Waals surface area (Å²) in [5.74, 6) is 0.0279. The molecule has 86 valence electrons. The molecule has 0 aromatic heterocycles. The van der Waals surface area contributed by atoms with Crippen molar-refractivity contribution < 1.29 is 4.79 Å². The van der Waals surface area contributed by atoms with E-state index in [1.807, 2.05) is 30.3 Å². The normalized spacial score (nSPS) is 19.9. The van der Waals surface area contributed by atoms with Gasteiger partial charge in [0.05, 0.1) is 6.42 Å². The molecule has 1 heterocycles. The first kappa shape index (κ1) is 11.7. The van der Waals surface area contributed by atoms with E-state index < -0.39 is 4.33 Å². The number of carbonyl (C=O) groups excluding carboxylic acids is 1. The summed E-state index contributed by atoms with van der Waals surface area (Å²) in [5, 5.41) is 0. The highest BCUT2D eigenvalue weighted by molar-refractivity contribution is 6.49. The van der Waals surface area contributed by atoms with Crippen molar-refractivity contribution in [2.75, 3.05) is 6.54 Å². The Morgan fingerprint density at radius 2 is 1.94 bits per heavy atom. The second kappa shape index (κ2) is 4.64. The highest BCUT2D eigenvalue weighted by Crippen LogP contribution is 2.34. The highest BCUT2D eigenvalue weighted by Gasteiger charge is 2.35. The third-order valence-electron chi connectivity index (χ3n) is 2.73. The maximum atomic E-state index is 11.8. The molecule has 2 rings (SSSR count). The van der Waals surface area contributed by atoms with Crippen molar-refractivity contribution >= 4 is 29.1 Å². The molecule has 0 spiro atoms. The van der Waals surface area contributed by atoms with E-state index in [2.05, 4.69) is 0 Å². The van der Waals surface area contributed by atoms with Gasteiger partial charge in [-0.25, -0.2) is 0 Å². The molecule has 16 heavy (non-hydrogen) atoms. The summed E-state index contributed by atoms with van der Waals surface area (Å²) in [6.45, 7) is 1.27. The fourth-order valence-corrected chi connectivity index (χ4v) is 2.21. The number of carbonyl (C=O) groups is 1. The fourth-order valence-electron chi connectivity index (χ4n) is 1.82. The Bertz CT molecular complexity index is 378. The lowest BCUT2D eigenvalue weighted by atomic mass is 10.1. The zero-order valence-electron chi connectivity index (χ0n) is 8.83. The summed E-state index contributed by atoms with van der Waals surface area (Å²) in [6, 6.07) is 9.92. The SMILES string of the molecule is O=C1CC(Cl)(Cl)CCN1Cc1ccccc1. The van der Waals surface area contributed by atoms with Gasteiger partial charge in [-0.05, 0) is 12.0 Å². The van der Waals surface area contributed by atoms with Crippen LogP contribution in [0.5, 0.6) is 0 Å². The van der Waals surface area contributed by atoms with Crippen LogP contribution < -0.4 is 0 Å². The molecule has 0 radical (unpaired) electrons. The van der Waals surface area contributed by atoms with Crippen molar-refractivity contribution in [2.45, 2.75) is 23.7 Å². The lowest BCUT2D eigenvalue weighted by molar-refractivity contribution is -0.134. The van der Waals surface area contributed by atoms with Crippen molar-refractivity contribution in [1.82, 2.24) is 4.90 Å². The van der Waals surface area contributed by atoms with E-state index in [9.17, 15) is 4.79 Å². The number of nitrogens with zero attached hydrogens (tertiary/aromatic N) is 1. The Hall–Kier alpha value is -0.730. The van der Waals surface area contributed by atoms with Gasteiger partial charge in [0.25, 0.3) is 0 Å². The molecular formula is C12H13Cl2NO. The summed E-state index contributed by atoms with van der Waals surface area (Å²) in [4.78, 5) is 13.6. The topological polar surface area (TPSA) is 20.3 Å². The number of piperidine rings is 1. The Labute approximate surface area is 105 Å². The summed E-state index contributed by atoms with van der Waals surface area (Å²) >= 11 is 11.9. The zero-order valence-corrected chi connectivity index (χ0v) is 10.3. The maximum Gasteiger partial charge on any atom is 0.225 e. The van der Waals surface area contributed by atoms with Crippen molar-refractivity contribution in [3.63, 3.8) is 0 Å². The fraction of sp³-hybridized carbons (Fsp3) is 0.417. The van der Waals surface area contributed by atoms with Crippen LogP contribution in [0, 0.1) is 0 Å². The molecule has 0 atom stereocenters. The van der Waals surface area contributed by atoms with Crippen LogP contribution in [0.25, 0.3) is 0 Å². The molecule has 0 unspecified atom stereocenters. The van der Waals surface area contributed by atoms with Crippen LogP contribution in [-0.4, -0.2) is 21.7 Å². The van der Waals surface area contributed by atoms with E-state index in [0.29, 0.717) is 19.5 Å². The standard InChI is InChI=1S/C12H13Cl2NO/c13-12(14)6-7-15(11(16)8-12)9-10-4-2-1-3-5-10/h1-5H,6-9H2. The molecule has 1 aliphatic rings. The van der Waals surface area contributed by atoms with Gasteiger partial charge in [0.2, 0.25) is 5.91 Å².